The van der Waals surface area contributed by atoms with E-state index in [0.717, 1.165) is 0 Å². The first-order valence-corrected chi connectivity index (χ1v) is 8.78. The van der Waals surface area contributed by atoms with E-state index in [-0.39, 0.29) is 0 Å². The molecule has 0 spiro atoms. The number of hydrogen-bond acceptors (Lipinski definition) is 2. The molecule has 2 heteroatoms. The van der Waals surface area contributed by atoms with Gasteiger partial charge in [-0.3, -0.25) is 0 Å². The maximum atomic E-state index is 2.32. The fourth-order valence-electron chi connectivity index (χ4n) is 1.76. The molecular formula is C18H20S2. The Bertz CT molecular complexity index is 408. The molecule has 0 bridgehead atoms. The zero-order valence-electron chi connectivity index (χ0n) is 11.6. The summed E-state index contributed by atoms with van der Waals surface area (Å²) in [6, 6.07) is 21.1. The molecule has 104 valence electrons. The zero-order chi connectivity index (χ0) is 13.9. The highest BCUT2D eigenvalue weighted by molar-refractivity contribution is 8.01. The van der Waals surface area contributed by atoms with Gasteiger partial charge in [-0.15, -0.1) is 23.5 Å². The second kappa shape index (κ2) is 9.95. The molecular weight excluding hydrogens is 280 g/mol. The Labute approximate surface area is 131 Å². The topological polar surface area (TPSA) is 0 Å². The molecule has 20 heavy (non-hydrogen) atoms. The van der Waals surface area contributed by atoms with Gasteiger partial charge in [0.2, 0.25) is 0 Å². The quantitative estimate of drug-likeness (QED) is 0.385. The minimum absolute atomic E-state index is 1.18. The van der Waals surface area contributed by atoms with Gasteiger partial charge in [-0.05, 0) is 37.1 Å². The number of unbranched alkanes of at least 4 members (excludes halogenated alkanes) is 3. The smallest absolute Gasteiger partial charge is 0.0217 e. The first-order valence-electron chi connectivity index (χ1n) is 7.02. The molecule has 0 nitrogen and oxygen atoms in total. The molecule has 0 atom stereocenters. The average Bonchev–Trinajstić information content (AvgIpc) is 2.52. The summed E-state index contributed by atoms with van der Waals surface area (Å²) in [6.07, 6.45) is 4.91. The van der Waals surface area contributed by atoms with Gasteiger partial charge in [0.25, 0.3) is 0 Å². The van der Waals surface area contributed by atoms with Crippen LogP contribution in [-0.4, -0.2) is 0 Å². The monoisotopic (exact) mass is 300 g/mol. The van der Waals surface area contributed by atoms with Crippen LogP contribution in [0.3, 0.4) is 0 Å². The molecule has 0 aliphatic heterocycles. The largest absolute Gasteiger partial charge is 0.122 e. The van der Waals surface area contributed by atoms with Crippen molar-refractivity contribution in [3.05, 3.63) is 72.2 Å². The molecule has 2 radical (unpaired) electrons. The van der Waals surface area contributed by atoms with Gasteiger partial charge in [-0.2, -0.15) is 0 Å². The Morgan fingerprint density at radius 3 is 1.40 bits per heavy atom. The van der Waals surface area contributed by atoms with Crippen molar-refractivity contribution < 1.29 is 0 Å². The van der Waals surface area contributed by atoms with E-state index in [0.29, 0.717) is 0 Å². The molecule has 2 rings (SSSR count). The van der Waals surface area contributed by atoms with Gasteiger partial charge in [0.05, 0.1) is 0 Å². The van der Waals surface area contributed by atoms with E-state index in [1.54, 1.807) is 0 Å². The third kappa shape index (κ3) is 6.53. The standard InChI is InChI=1S/C18H20S2/c1(9-15-19-17-11-5-3-6-12-17)2-10-16-20-18-13-7-4-8-14-18/h3-8,11-16H,1-2,9-10H2. The highest BCUT2D eigenvalue weighted by Crippen LogP contribution is 2.25. The number of hydrogen-bond donors (Lipinski definition) is 0. The number of thioether (sulfide) groups is 2. The third-order valence-corrected chi connectivity index (χ3v) is 4.71. The minimum Gasteiger partial charge on any atom is -0.122 e. The first kappa shape index (κ1) is 15.5. The van der Waals surface area contributed by atoms with Crippen LogP contribution >= 0.6 is 23.5 Å². The van der Waals surface area contributed by atoms with Crippen LogP contribution in [-0.2, 0) is 0 Å². The number of rotatable bonds is 9. The minimum atomic E-state index is 1.18. The van der Waals surface area contributed by atoms with Gasteiger partial charge in [0.1, 0.15) is 0 Å². The van der Waals surface area contributed by atoms with Crippen molar-refractivity contribution in [1.82, 2.24) is 0 Å². The molecule has 0 N–H and O–H groups in total. The van der Waals surface area contributed by atoms with E-state index in [4.69, 9.17) is 0 Å². The lowest BCUT2D eigenvalue weighted by atomic mass is 10.2. The van der Waals surface area contributed by atoms with Crippen LogP contribution in [0, 0.1) is 11.5 Å². The summed E-state index contributed by atoms with van der Waals surface area (Å²) in [5, 5.41) is 0. The lowest BCUT2D eigenvalue weighted by Crippen LogP contribution is -1.78. The Hall–Kier alpha value is -0.860. The van der Waals surface area contributed by atoms with E-state index in [1.807, 2.05) is 23.5 Å². The van der Waals surface area contributed by atoms with E-state index in [1.165, 1.54) is 35.5 Å². The van der Waals surface area contributed by atoms with Crippen molar-refractivity contribution in [3.63, 3.8) is 0 Å². The van der Waals surface area contributed by atoms with Crippen molar-refractivity contribution >= 4 is 23.5 Å². The molecule has 2 aromatic rings. The maximum Gasteiger partial charge on any atom is 0.0217 e. The Morgan fingerprint density at radius 2 is 1.00 bits per heavy atom. The summed E-state index contributed by atoms with van der Waals surface area (Å²) in [5.74, 6) is 4.64. The van der Waals surface area contributed by atoms with E-state index >= 15 is 0 Å². The van der Waals surface area contributed by atoms with Crippen molar-refractivity contribution in [2.75, 3.05) is 0 Å². The Kier molecular flexibility index (Phi) is 7.73. The molecule has 0 amide bonds. The SMILES string of the molecule is [CH](CCCC[CH]Sc1ccccc1)Sc1ccccc1. The summed E-state index contributed by atoms with van der Waals surface area (Å²) < 4.78 is 0. The zero-order valence-corrected chi connectivity index (χ0v) is 13.2. The van der Waals surface area contributed by atoms with Gasteiger partial charge >= 0.3 is 0 Å². The maximum absolute atomic E-state index is 2.32. The molecule has 0 saturated carbocycles. The summed E-state index contributed by atoms with van der Waals surface area (Å²) in [6.45, 7) is 0. The van der Waals surface area contributed by atoms with E-state index < -0.39 is 0 Å². The fraction of sp³-hybridized carbons (Fsp3) is 0.222. The predicted octanol–water partition coefficient (Wildman–Crippen LogP) is 6.45. The van der Waals surface area contributed by atoms with Gasteiger partial charge in [0, 0.05) is 21.3 Å². The Balaban J connectivity index is 1.44. The van der Waals surface area contributed by atoms with Crippen LogP contribution in [0.25, 0.3) is 0 Å². The third-order valence-electron chi connectivity index (χ3n) is 2.82. The van der Waals surface area contributed by atoms with Gasteiger partial charge in [-0.1, -0.05) is 49.2 Å². The molecule has 0 aromatic heterocycles. The molecule has 0 saturated heterocycles. The van der Waals surface area contributed by atoms with Crippen LogP contribution in [0.4, 0.5) is 0 Å². The van der Waals surface area contributed by atoms with Crippen LogP contribution in [0.5, 0.6) is 0 Å². The Morgan fingerprint density at radius 1 is 0.600 bits per heavy atom. The summed E-state index contributed by atoms with van der Waals surface area (Å²) >= 11 is 3.68. The van der Waals surface area contributed by atoms with Gasteiger partial charge in [0.15, 0.2) is 0 Å². The summed E-state index contributed by atoms with van der Waals surface area (Å²) in [5.41, 5.74) is 0. The summed E-state index contributed by atoms with van der Waals surface area (Å²) in [4.78, 5) is 2.66. The number of benzene rings is 2. The van der Waals surface area contributed by atoms with Crippen LogP contribution < -0.4 is 0 Å². The van der Waals surface area contributed by atoms with Gasteiger partial charge < -0.3 is 0 Å². The van der Waals surface area contributed by atoms with Crippen molar-refractivity contribution in [1.29, 1.82) is 0 Å². The molecule has 0 fully saturated rings. The highest BCUT2D eigenvalue weighted by atomic mass is 32.2. The van der Waals surface area contributed by atoms with Crippen molar-refractivity contribution in [2.24, 2.45) is 0 Å². The lowest BCUT2D eigenvalue weighted by molar-refractivity contribution is 0.749. The average molecular weight is 300 g/mol. The normalized spacial score (nSPS) is 10.6. The van der Waals surface area contributed by atoms with E-state index in [2.05, 4.69) is 72.2 Å². The van der Waals surface area contributed by atoms with Crippen LogP contribution in [0.1, 0.15) is 25.7 Å². The van der Waals surface area contributed by atoms with Crippen molar-refractivity contribution in [3.8, 4) is 0 Å². The predicted molar refractivity (Wildman–Crippen MR) is 91.7 cm³/mol. The van der Waals surface area contributed by atoms with Crippen molar-refractivity contribution in [2.45, 2.75) is 35.5 Å². The van der Waals surface area contributed by atoms with E-state index in [9.17, 15) is 0 Å². The van der Waals surface area contributed by atoms with Crippen LogP contribution in [0.2, 0.25) is 0 Å². The van der Waals surface area contributed by atoms with Crippen LogP contribution in [0.15, 0.2) is 70.5 Å². The fourth-order valence-corrected chi connectivity index (χ4v) is 3.35. The molecule has 2 aromatic carbocycles. The molecule has 0 unspecified atom stereocenters. The molecule has 0 aliphatic carbocycles. The first-order chi connectivity index (χ1) is 9.95. The molecule has 0 aliphatic rings. The molecule has 0 heterocycles. The van der Waals surface area contributed by atoms with Gasteiger partial charge in [-0.25, -0.2) is 0 Å². The second-order valence-corrected chi connectivity index (χ2v) is 6.56. The second-order valence-electron chi connectivity index (χ2n) is 4.48. The summed E-state index contributed by atoms with van der Waals surface area (Å²) in [7, 11) is 0. The lowest BCUT2D eigenvalue weighted by Gasteiger charge is -2.02. The highest BCUT2D eigenvalue weighted by Gasteiger charge is 1.96.